The molecule has 1 aromatic heterocycles. The molecule has 0 aliphatic heterocycles. The van der Waals surface area contributed by atoms with E-state index in [0.29, 0.717) is 0 Å². The first-order valence-electron chi connectivity index (χ1n) is 6.16. The largest absolute Gasteiger partial charge is 0.496 e. The Morgan fingerprint density at radius 3 is 2.78 bits per heavy atom. The number of benzene rings is 1. The predicted octanol–water partition coefficient (Wildman–Crippen LogP) is 3.30. The molecule has 3 nitrogen and oxygen atoms in total. The Morgan fingerprint density at radius 1 is 1.33 bits per heavy atom. The number of ether oxygens (including phenoxy) is 1. The number of hydrogen-bond acceptors (Lipinski definition) is 3. The number of rotatable bonds is 5. The van der Waals surface area contributed by atoms with E-state index >= 15 is 0 Å². The first-order chi connectivity index (χ1) is 8.76. The fraction of sp³-hybridized carbons (Fsp3) is 0.333. The second kappa shape index (κ2) is 5.74. The minimum Gasteiger partial charge on any atom is -0.496 e. The zero-order valence-corrected chi connectivity index (χ0v) is 11.1. The summed E-state index contributed by atoms with van der Waals surface area (Å²) in [4.78, 5) is 0. The molecular weight excluding hydrogens is 226 g/mol. The molecular formula is C15H19NO2. The number of nitrogens with one attached hydrogen (secondary N) is 1. The smallest absolute Gasteiger partial charge is 0.124 e. The summed E-state index contributed by atoms with van der Waals surface area (Å²) < 4.78 is 10.7. The van der Waals surface area contributed by atoms with E-state index in [1.165, 1.54) is 5.56 Å². The van der Waals surface area contributed by atoms with Gasteiger partial charge in [0.05, 0.1) is 25.7 Å². The number of aryl methyl sites for hydroxylation is 1. The first-order valence-corrected chi connectivity index (χ1v) is 6.16. The summed E-state index contributed by atoms with van der Waals surface area (Å²) in [5.41, 5.74) is 3.43. The van der Waals surface area contributed by atoms with Gasteiger partial charge < -0.3 is 14.5 Å². The second-order valence-electron chi connectivity index (χ2n) is 4.29. The lowest BCUT2D eigenvalue weighted by Gasteiger charge is -2.20. The number of methoxy groups -OCH3 is 1. The molecule has 0 amide bonds. The normalized spacial score (nSPS) is 12.4. The third kappa shape index (κ3) is 2.57. The Morgan fingerprint density at radius 2 is 2.17 bits per heavy atom. The standard InChI is InChI=1S/C15H19NO2/c1-4-16-15(12-7-8-18-10-12)13-6-5-11(2)9-14(13)17-3/h5-10,15-16H,4H2,1-3H3. The highest BCUT2D eigenvalue weighted by atomic mass is 16.5. The molecule has 1 unspecified atom stereocenters. The van der Waals surface area contributed by atoms with Crippen LogP contribution >= 0.6 is 0 Å². The van der Waals surface area contributed by atoms with Crippen molar-refractivity contribution in [2.24, 2.45) is 0 Å². The predicted molar refractivity (Wildman–Crippen MR) is 72.0 cm³/mol. The summed E-state index contributed by atoms with van der Waals surface area (Å²) in [7, 11) is 1.71. The van der Waals surface area contributed by atoms with Gasteiger partial charge in [-0.3, -0.25) is 0 Å². The van der Waals surface area contributed by atoms with Gasteiger partial charge in [-0.05, 0) is 31.2 Å². The van der Waals surface area contributed by atoms with E-state index in [1.54, 1.807) is 19.6 Å². The van der Waals surface area contributed by atoms with Gasteiger partial charge in [0.2, 0.25) is 0 Å². The SMILES string of the molecule is CCNC(c1ccoc1)c1ccc(C)cc1OC. The van der Waals surface area contributed by atoms with Gasteiger partial charge in [0, 0.05) is 11.1 Å². The van der Waals surface area contributed by atoms with Gasteiger partial charge in [-0.2, -0.15) is 0 Å². The van der Waals surface area contributed by atoms with Crippen molar-refractivity contribution >= 4 is 0 Å². The van der Waals surface area contributed by atoms with Crippen LogP contribution in [0.4, 0.5) is 0 Å². The Bertz CT molecular complexity index is 491. The van der Waals surface area contributed by atoms with Gasteiger partial charge in [0.1, 0.15) is 5.75 Å². The minimum absolute atomic E-state index is 0.101. The van der Waals surface area contributed by atoms with Crippen molar-refractivity contribution < 1.29 is 9.15 Å². The minimum atomic E-state index is 0.101. The molecule has 3 heteroatoms. The van der Waals surface area contributed by atoms with Gasteiger partial charge in [0.15, 0.2) is 0 Å². The Hall–Kier alpha value is -1.74. The van der Waals surface area contributed by atoms with Crippen molar-refractivity contribution in [2.75, 3.05) is 13.7 Å². The molecule has 0 aliphatic rings. The van der Waals surface area contributed by atoms with E-state index in [4.69, 9.17) is 9.15 Å². The maximum Gasteiger partial charge on any atom is 0.124 e. The highest BCUT2D eigenvalue weighted by Gasteiger charge is 2.18. The van der Waals surface area contributed by atoms with Gasteiger partial charge in [0.25, 0.3) is 0 Å². The van der Waals surface area contributed by atoms with Crippen LogP contribution in [0.1, 0.15) is 29.7 Å². The van der Waals surface area contributed by atoms with Gasteiger partial charge in [-0.25, -0.2) is 0 Å². The molecule has 0 saturated carbocycles. The van der Waals surface area contributed by atoms with Crippen LogP contribution in [0.25, 0.3) is 0 Å². The average Bonchev–Trinajstić information content (AvgIpc) is 2.90. The summed E-state index contributed by atoms with van der Waals surface area (Å²) in [5.74, 6) is 0.905. The molecule has 0 fully saturated rings. The third-order valence-corrected chi connectivity index (χ3v) is 2.98. The molecule has 0 bridgehead atoms. The van der Waals surface area contributed by atoms with E-state index < -0.39 is 0 Å². The van der Waals surface area contributed by atoms with Crippen LogP contribution in [0, 0.1) is 6.92 Å². The summed E-state index contributed by atoms with van der Waals surface area (Å²) in [6.45, 7) is 5.03. The van der Waals surface area contributed by atoms with Crippen LogP contribution in [-0.4, -0.2) is 13.7 Å². The van der Waals surface area contributed by atoms with E-state index in [2.05, 4.69) is 37.4 Å². The quantitative estimate of drug-likeness (QED) is 0.877. The lowest BCUT2D eigenvalue weighted by atomic mass is 9.99. The van der Waals surface area contributed by atoms with E-state index in [1.807, 2.05) is 6.07 Å². The highest BCUT2D eigenvalue weighted by molar-refractivity contribution is 5.43. The molecule has 2 rings (SSSR count). The van der Waals surface area contributed by atoms with Crippen molar-refractivity contribution in [1.82, 2.24) is 5.32 Å². The average molecular weight is 245 g/mol. The van der Waals surface area contributed by atoms with Crippen molar-refractivity contribution in [2.45, 2.75) is 19.9 Å². The Balaban J connectivity index is 2.42. The zero-order chi connectivity index (χ0) is 13.0. The van der Waals surface area contributed by atoms with Crippen LogP contribution in [0.15, 0.2) is 41.2 Å². The molecule has 0 saturated heterocycles. The van der Waals surface area contributed by atoms with E-state index in [-0.39, 0.29) is 6.04 Å². The molecule has 2 aromatic rings. The highest BCUT2D eigenvalue weighted by Crippen LogP contribution is 2.31. The van der Waals surface area contributed by atoms with Crippen molar-refractivity contribution in [3.05, 3.63) is 53.5 Å². The number of furan rings is 1. The van der Waals surface area contributed by atoms with Crippen molar-refractivity contribution in [1.29, 1.82) is 0 Å². The number of hydrogen-bond donors (Lipinski definition) is 1. The van der Waals surface area contributed by atoms with Gasteiger partial charge in [-0.1, -0.05) is 19.1 Å². The molecule has 18 heavy (non-hydrogen) atoms. The van der Waals surface area contributed by atoms with Crippen LogP contribution in [0.2, 0.25) is 0 Å². The molecule has 0 aliphatic carbocycles. The summed E-state index contributed by atoms with van der Waals surface area (Å²) in [6.07, 6.45) is 3.47. The monoisotopic (exact) mass is 245 g/mol. The topological polar surface area (TPSA) is 34.4 Å². The van der Waals surface area contributed by atoms with Crippen LogP contribution < -0.4 is 10.1 Å². The molecule has 0 radical (unpaired) electrons. The Labute approximate surface area is 108 Å². The van der Waals surface area contributed by atoms with Crippen LogP contribution in [-0.2, 0) is 0 Å². The van der Waals surface area contributed by atoms with Gasteiger partial charge >= 0.3 is 0 Å². The second-order valence-corrected chi connectivity index (χ2v) is 4.29. The summed E-state index contributed by atoms with van der Waals surface area (Å²) in [6, 6.07) is 8.34. The fourth-order valence-corrected chi connectivity index (χ4v) is 2.11. The maximum absolute atomic E-state index is 5.48. The van der Waals surface area contributed by atoms with Crippen LogP contribution in [0.3, 0.4) is 0 Å². The van der Waals surface area contributed by atoms with E-state index in [0.717, 1.165) is 23.4 Å². The summed E-state index contributed by atoms with van der Waals surface area (Å²) in [5, 5.41) is 3.46. The molecule has 0 spiro atoms. The maximum atomic E-state index is 5.48. The lowest BCUT2D eigenvalue weighted by Crippen LogP contribution is -2.22. The molecule has 1 N–H and O–H groups in total. The summed E-state index contributed by atoms with van der Waals surface area (Å²) >= 11 is 0. The molecule has 1 atom stereocenters. The van der Waals surface area contributed by atoms with Crippen LogP contribution in [0.5, 0.6) is 5.75 Å². The van der Waals surface area contributed by atoms with Crippen molar-refractivity contribution in [3.8, 4) is 5.75 Å². The molecule has 1 heterocycles. The first kappa shape index (κ1) is 12.7. The van der Waals surface area contributed by atoms with E-state index in [9.17, 15) is 0 Å². The molecule has 1 aromatic carbocycles. The lowest BCUT2D eigenvalue weighted by molar-refractivity contribution is 0.404. The Kier molecular flexibility index (Phi) is 4.05. The molecule has 96 valence electrons. The van der Waals surface area contributed by atoms with Gasteiger partial charge in [-0.15, -0.1) is 0 Å². The zero-order valence-electron chi connectivity index (χ0n) is 11.1. The van der Waals surface area contributed by atoms with Crippen molar-refractivity contribution in [3.63, 3.8) is 0 Å². The third-order valence-electron chi connectivity index (χ3n) is 2.98. The fourth-order valence-electron chi connectivity index (χ4n) is 2.11.